The van der Waals surface area contributed by atoms with Crippen molar-refractivity contribution in [2.45, 2.75) is 25.8 Å². The summed E-state index contributed by atoms with van der Waals surface area (Å²) in [5.41, 5.74) is 1.50. The van der Waals surface area contributed by atoms with Crippen LogP contribution in [0, 0.1) is 11.7 Å². The Kier molecular flexibility index (Phi) is 5.66. The molecule has 26 heavy (non-hydrogen) atoms. The van der Waals surface area contributed by atoms with Gasteiger partial charge in [0, 0.05) is 18.7 Å². The lowest BCUT2D eigenvalue weighted by Gasteiger charge is -2.32. The molecule has 0 unspecified atom stereocenters. The number of likely N-dealkylation sites (tertiary alicyclic amines) is 1. The highest BCUT2D eigenvalue weighted by molar-refractivity contribution is 5.94. The van der Waals surface area contributed by atoms with Crippen molar-refractivity contribution in [3.63, 3.8) is 0 Å². The second kappa shape index (κ2) is 8.13. The predicted molar refractivity (Wildman–Crippen MR) is 98.0 cm³/mol. The Morgan fingerprint density at radius 2 is 1.81 bits per heavy atom. The van der Waals surface area contributed by atoms with Gasteiger partial charge in [-0.2, -0.15) is 0 Å². The van der Waals surface area contributed by atoms with Crippen LogP contribution in [0.15, 0.2) is 54.6 Å². The van der Waals surface area contributed by atoms with Gasteiger partial charge in [-0.1, -0.05) is 30.3 Å². The maximum absolute atomic E-state index is 13.0. The number of piperidine rings is 1. The first-order chi connectivity index (χ1) is 12.5. The fourth-order valence-electron chi connectivity index (χ4n) is 3.31. The first-order valence-corrected chi connectivity index (χ1v) is 8.95. The van der Waals surface area contributed by atoms with E-state index in [-0.39, 0.29) is 29.6 Å². The molecule has 1 N–H and O–H groups in total. The van der Waals surface area contributed by atoms with Gasteiger partial charge < -0.3 is 10.2 Å². The summed E-state index contributed by atoms with van der Waals surface area (Å²) in [4.78, 5) is 26.9. The van der Waals surface area contributed by atoms with Crippen LogP contribution in [0.25, 0.3) is 0 Å². The molecule has 2 aromatic rings. The van der Waals surface area contributed by atoms with Crippen LogP contribution in [0.3, 0.4) is 0 Å². The van der Waals surface area contributed by atoms with E-state index in [4.69, 9.17) is 0 Å². The molecule has 0 bridgehead atoms. The smallest absolute Gasteiger partial charge is 0.253 e. The maximum atomic E-state index is 13.0. The molecule has 5 heteroatoms. The summed E-state index contributed by atoms with van der Waals surface area (Å²) < 4.78 is 13.0. The zero-order valence-corrected chi connectivity index (χ0v) is 14.8. The highest BCUT2D eigenvalue weighted by Gasteiger charge is 2.29. The molecule has 4 nitrogen and oxygen atoms in total. The summed E-state index contributed by atoms with van der Waals surface area (Å²) in [5, 5.41) is 3.05. The van der Waals surface area contributed by atoms with Crippen molar-refractivity contribution in [2.24, 2.45) is 5.92 Å². The van der Waals surface area contributed by atoms with Crippen LogP contribution in [0.1, 0.15) is 41.7 Å². The van der Waals surface area contributed by atoms with Gasteiger partial charge in [-0.25, -0.2) is 4.39 Å². The Bertz CT molecular complexity index is 761. The van der Waals surface area contributed by atoms with E-state index in [1.165, 1.54) is 24.3 Å². The molecule has 0 aliphatic carbocycles. The van der Waals surface area contributed by atoms with Gasteiger partial charge in [0.1, 0.15) is 5.82 Å². The third-order valence-corrected chi connectivity index (χ3v) is 4.83. The second-order valence-electron chi connectivity index (χ2n) is 6.74. The number of halogens is 1. The van der Waals surface area contributed by atoms with E-state index in [1.807, 2.05) is 37.3 Å². The minimum atomic E-state index is -0.368. The van der Waals surface area contributed by atoms with E-state index in [2.05, 4.69) is 5.32 Å². The van der Waals surface area contributed by atoms with Crippen molar-refractivity contribution < 1.29 is 14.0 Å². The molecule has 1 fully saturated rings. The summed E-state index contributed by atoms with van der Waals surface area (Å²) in [6.07, 6.45) is 1.55. The number of rotatable bonds is 4. The second-order valence-corrected chi connectivity index (χ2v) is 6.74. The van der Waals surface area contributed by atoms with Crippen molar-refractivity contribution >= 4 is 11.8 Å². The third kappa shape index (κ3) is 4.28. The topological polar surface area (TPSA) is 49.4 Å². The molecule has 1 heterocycles. The van der Waals surface area contributed by atoms with Crippen LogP contribution >= 0.6 is 0 Å². The minimum absolute atomic E-state index is 0.0297. The highest BCUT2D eigenvalue weighted by Crippen LogP contribution is 2.21. The van der Waals surface area contributed by atoms with Gasteiger partial charge in [-0.05, 0) is 49.6 Å². The Balaban J connectivity index is 1.61. The van der Waals surface area contributed by atoms with E-state index in [0.717, 1.165) is 18.4 Å². The zero-order valence-electron chi connectivity index (χ0n) is 14.8. The Labute approximate surface area is 153 Å². The fourth-order valence-corrected chi connectivity index (χ4v) is 3.31. The zero-order chi connectivity index (χ0) is 18.5. The molecule has 1 aliphatic heterocycles. The Morgan fingerprint density at radius 3 is 2.50 bits per heavy atom. The highest BCUT2D eigenvalue weighted by atomic mass is 19.1. The first kappa shape index (κ1) is 18.1. The van der Waals surface area contributed by atoms with Crippen LogP contribution < -0.4 is 5.32 Å². The number of hydrogen-bond acceptors (Lipinski definition) is 2. The largest absolute Gasteiger partial charge is 0.349 e. The number of hydrogen-bond donors (Lipinski definition) is 1. The van der Waals surface area contributed by atoms with E-state index < -0.39 is 0 Å². The van der Waals surface area contributed by atoms with Crippen LogP contribution in [0.4, 0.5) is 4.39 Å². The lowest BCUT2D eigenvalue weighted by atomic mass is 9.95. The standard InChI is InChI=1S/C21H23FN2O2/c1-15(16-6-3-2-4-7-16)23-20(25)18-8-5-13-24(14-18)21(26)17-9-11-19(22)12-10-17/h2-4,6-7,9-12,15,18H,5,8,13-14H2,1H3,(H,23,25)/t15-,18-/m0/s1. The molecule has 1 aliphatic rings. The molecule has 2 amide bonds. The van der Waals surface area contributed by atoms with Crippen molar-refractivity contribution in [3.05, 3.63) is 71.5 Å². The molecular formula is C21H23FN2O2. The molecule has 0 spiro atoms. The molecule has 2 aromatic carbocycles. The molecule has 136 valence electrons. The first-order valence-electron chi connectivity index (χ1n) is 8.95. The molecular weight excluding hydrogens is 331 g/mol. The average molecular weight is 354 g/mol. The van der Waals surface area contributed by atoms with Crippen LogP contribution in [-0.4, -0.2) is 29.8 Å². The van der Waals surface area contributed by atoms with Gasteiger partial charge in [0.15, 0.2) is 0 Å². The molecule has 3 rings (SSSR count). The molecule has 0 radical (unpaired) electrons. The van der Waals surface area contributed by atoms with E-state index in [1.54, 1.807) is 4.90 Å². The van der Waals surface area contributed by atoms with Gasteiger partial charge in [0.2, 0.25) is 5.91 Å². The Hall–Kier alpha value is -2.69. The summed E-state index contributed by atoms with van der Waals surface area (Å²) in [6, 6.07) is 15.3. The maximum Gasteiger partial charge on any atom is 0.253 e. The van der Waals surface area contributed by atoms with E-state index in [0.29, 0.717) is 18.7 Å². The average Bonchev–Trinajstić information content (AvgIpc) is 2.68. The van der Waals surface area contributed by atoms with Gasteiger partial charge in [0.25, 0.3) is 5.91 Å². The quantitative estimate of drug-likeness (QED) is 0.913. The van der Waals surface area contributed by atoms with Gasteiger partial charge in [0.05, 0.1) is 12.0 Å². The van der Waals surface area contributed by atoms with Crippen molar-refractivity contribution in [2.75, 3.05) is 13.1 Å². The summed E-state index contributed by atoms with van der Waals surface area (Å²) in [5.74, 6) is -0.775. The Morgan fingerprint density at radius 1 is 1.12 bits per heavy atom. The van der Waals surface area contributed by atoms with Gasteiger partial charge in [-0.3, -0.25) is 9.59 Å². The lowest BCUT2D eigenvalue weighted by molar-refractivity contribution is -0.127. The number of amides is 2. The predicted octanol–water partition coefficient (Wildman–Crippen LogP) is 3.56. The lowest BCUT2D eigenvalue weighted by Crippen LogP contribution is -2.45. The molecule has 2 atom stereocenters. The molecule has 1 saturated heterocycles. The monoisotopic (exact) mass is 354 g/mol. The minimum Gasteiger partial charge on any atom is -0.349 e. The number of nitrogens with one attached hydrogen (secondary N) is 1. The summed E-state index contributed by atoms with van der Waals surface area (Å²) in [6.45, 7) is 2.97. The number of carbonyl (C=O) groups excluding carboxylic acids is 2. The summed E-state index contributed by atoms with van der Waals surface area (Å²) in [7, 11) is 0. The van der Waals surface area contributed by atoms with Crippen molar-refractivity contribution in [3.8, 4) is 0 Å². The number of carbonyl (C=O) groups is 2. The van der Waals surface area contributed by atoms with Gasteiger partial charge in [-0.15, -0.1) is 0 Å². The van der Waals surface area contributed by atoms with Crippen molar-refractivity contribution in [1.29, 1.82) is 0 Å². The van der Waals surface area contributed by atoms with E-state index >= 15 is 0 Å². The fraction of sp³-hybridized carbons (Fsp3) is 0.333. The SMILES string of the molecule is C[C@H](NC(=O)[C@H]1CCCN(C(=O)c2ccc(F)cc2)C1)c1ccccc1. The van der Waals surface area contributed by atoms with Gasteiger partial charge >= 0.3 is 0 Å². The third-order valence-electron chi connectivity index (χ3n) is 4.83. The number of benzene rings is 2. The molecule has 0 aromatic heterocycles. The summed E-state index contributed by atoms with van der Waals surface area (Å²) >= 11 is 0. The number of nitrogens with zero attached hydrogens (tertiary/aromatic N) is 1. The van der Waals surface area contributed by atoms with Crippen LogP contribution in [0.5, 0.6) is 0 Å². The van der Waals surface area contributed by atoms with Crippen molar-refractivity contribution in [1.82, 2.24) is 10.2 Å². The van der Waals surface area contributed by atoms with Crippen LogP contribution in [0.2, 0.25) is 0 Å². The molecule has 0 saturated carbocycles. The normalized spacial score (nSPS) is 18.2. The van der Waals surface area contributed by atoms with E-state index in [9.17, 15) is 14.0 Å². The van der Waals surface area contributed by atoms with Crippen LogP contribution in [-0.2, 0) is 4.79 Å².